The zero-order valence-corrected chi connectivity index (χ0v) is 9.60. The molecule has 2 heteroatoms. The van der Waals surface area contributed by atoms with Crippen LogP contribution in [0.5, 0.6) is 0 Å². The molecule has 0 rings (SSSR count). The maximum Gasteiger partial charge on any atom is 0.129 e. The van der Waals surface area contributed by atoms with Crippen molar-refractivity contribution < 1.29 is 4.79 Å². The van der Waals surface area contributed by atoms with Gasteiger partial charge >= 0.3 is 0 Å². The van der Waals surface area contributed by atoms with E-state index < -0.39 is 0 Å². The maximum absolute atomic E-state index is 10.7. The largest absolute Gasteiger partial charge is 0.300 e. The van der Waals surface area contributed by atoms with Crippen molar-refractivity contribution in [2.45, 2.75) is 33.6 Å². The van der Waals surface area contributed by atoms with Gasteiger partial charge in [0.15, 0.2) is 0 Å². The molecule has 0 aromatic heterocycles. The van der Waals surface area contributed by atoms with Gasteiger partial charge in [0.1, 0.15) is 5.78 Å². The number of halogens is 1. The second-order valence-electron chi connectivity index (χ2n) is 3.47. The summed E-state index contributed by atoms with van der Waals surface area (Å²) >= 11 is 3.26. The van der Waals surface area contributed by atoms with Crippen LogP contribution in [0.15, 0.2) is 11.1 Å². The molecule has 1 atom stereocenters. The van der Waals surface area contributed by atoms with Crippen molar-refractivity contribution >= 4 is 21.7 Å². The summed E-state index contributed by atoms with van der Waals surface area (Å²) in [5.74, 6) is 1.41. The minimum atomic E-state index is 0.281. The SMILES string of the molecule is CC(=O)CCC(C=CBr)C(C)C. The highest BCUT2D eigenvalue weighted by molar-refractivity contribution is 9.11. The van der Waals surface area contributed by atoms with Crippen LogP contribution in [0.1, 0.15) is 33.6 Å². The first-order valence-corrected chi connectivity index (χ1v) is 5.25. The number of ketones is 1. The van der Waals surface area contributed by atoms with Crippen LogP contribution in [0.3, 0.4) is 0 Å². The van der Waals surface area contributed by atoms with Crippen molar-refractivity contribution in [2.24, 2.45) is 11.8 Å². The minimum Gasteiger partial charge on any atom is -0.300 e. The standard InChI is InChI=1S/C10H17BrO/c1-8(2)10(6-7-11)5-4-9(3)12/h6-8,10H,4-5H2,1-3H3. The van der Waals surface area contributed by atoms with Crippen LogP contribution >= 0.6 is 15.9 Å². The van der Waals surface area contributed by atoms with Crippen molar-refractivity contribution in [3.8, 4) is 0 Å². The average molecular weight is 233 g/mol. The van der Waals surface area contributed by atoms with E-state index in [-0.39, 0.29) is 5.78 Å². The van der Waals surface area contributed by atoms with Crippen LogP contribution in [0, 0.1) is 11.8 Å². The van der Waals surface area contributed by atoms with E-state index in [1.165, 1.54) is 0 Å². The first-order chi connectivity index (χ1) is 5.57. The summed E-state index contributed by atoms with van der Waals surface area (Å²) in [6, 6.07) is 0. The fraction of sp³-hybridized carbons (Fsp3) is 0.700. The van der Waals surface area contributed by atoms with E-state index in [1.54, 1.807) is 6.92 Å². The monoisotopic (exact) mass is 232 g/mol. The van der Waals surface area contributed by atoms with E-state index in [0.29, 0.717) is 18.3 Å². The Balaban J connectivity index is 3.87. The zero-order valence-electron chi connectivity index (χ0n) is 8.01. The van der Waals surface area contributed by atoms with Crippen LogP contribution in [-0.2, 0) is 4.79 Å². The number of carbonyl (C=O) groups is 1. The summed E-state index contributed by atoms with van der Waals surface area (Å²) in [4.78, 5) is 12.6. The summed E-state index contributed by atoms with van der Waals surface area (Å²) < 4.78 is 0. The lowest BCUT2D eigenvalue weighted by Gasteiger charge is -2.15. The molecule has 0 bridgehead atoms. The molecule has 0 radical (unpaired) electrons. The highest BCUT2D eigenvalue weighted by Gasteiger charge is 2.09. The van der Waals surface area contributed by atoms with Crippen LogP contribution < -0.4 is 0 Å². The number of hydrogen-bond donors (Lipinski definition) is 0. The van der Waals surface area contributed by atoms with E-state index in [2.05, 4.69) is 35.9 Å². The number of Topliss-reactive ketones (excluding diaryl/α,β-unsaturated/α-hetero) is 1. The van der Waals surface area contributed by atoms with Crippen LogP contribution in [-0.4, -0.2) is 5.78 Å². The molecule has 0 saturated carbocycles. The third-order valence-electron chi connectivity index (χ3n) is 2.01. The normalized spacial score (nSPS) is 14.1. The lowest BCUT2D eigenvalue weighted by atomic mass is 9.91. The van der Waals surface area contributed by atoms with E-state index in [9.17, 15) is 4.79 Å². The molecule has 0 amide bonds. The third-order valence-corrected chi connectivity index (χ3v) is 2.31. The van der Waals surface area contributed by atoms with Gasteiger partial charge in [0.2, 0.25) is 0 Å². The molecule has 0 aromatic rings. The van der Waals surface area contributed by atoms with Crippen LogP contribution in [0.4, 0.5) is 0 Å². The molecule has 1 nitrogen and oxygen atoms in total. The first kappa shape index (κ1) is 11.9. The van der Waals surface area contributed by atoms with Gasteiger partial charge in [0.05, 0.1) is 0 Å². The number of rotatable bonds is 5. The topological polar surface area (TPSA) is 17.1 Å². The summed E-state index contributed by atoms with van der Waals surface area (Å²) in [5, 5.41) is 0. The van der Waals surface area contributed by atoms with Gasteiger partial charge in [0, 0.05) is 6.42 Å². The molecule has 0 N–H and O–H groups in total. The number of hydrogen-bond acceptors (Lipinski definition) is 1. The number of allylic oxidation sites excluding steroid dienone is 1. The fourth-order valence-electron chi connectivity index (χ4n) is 1.12. The molecular weight excluding hydrogens is 216 g/mol. The third kappa shape index (κ3) is 5.53. The molecule has 70 valence electrons. The summed E-state index contributed by atoms with van der Waals surface area (Å²) in [6.07, 6.45) is 3.78. The minimum absolute atomic E-state index is 0.281. The lowest BCUT2D eigenvalue weighted by molar-refractivity contribution is -0.117. The maximum atomic E-state index is 10.7. The Labute approximate surface area is 83.4 Å². The van der Waals surface area contributed by atoms with E-state index in [4.69, 9.17) is 0 Å². The van der Waals surface area contributed by atoms with Gasteiger partial charge in [-0.25, -0.2) is 0 Å². The molecule has 12 heavy (non-hydrogen) atoms. The quantitative estimate of drug-likeness (QED) is 0.709. The predicted octanol–water partition coefficient (Wildman–Crippen LogP) is 3.54. The Hall–Kier alpha value is -0.110. The Morgan fingerprint density at radius 3 is 2.42 bits per heavy atom. The predicted molar refractivity (Wildman–Crippen MR) is 56.3 cm³/mol. The smallest absolute Gasteiger partial charge is 0.129 e. The molecule has 1 unspecified atom stereocenters. The van der Waals surface area contributed by atoms with Gasteiger partial charge in [-0.15, -0.1) is 0 Å². The van der Waals surface area contributed by atoms with E-state index >= 15 is 0 Å². The molecule has 0 saturated heterocycles. The van der Waals surface area contributed by atoms with Crippen molar-refractivity contribution in [2.75, 3.05) is 0 Å². The molecule has 0 aliphatic carbocycles. The van der Waals surface area contributed by atoms with Crippen molar-refractivity contribution in [3.63, 3.8) is 0 Å². The van der Waals surface area contributed by atoms with Gasteiger partial charge in [-0.2, -0.15) is 0 Å². The van der Waals surface area contributed by atoms with E-state index in [1.807, 2.05) is 4.99 Å². The van der Waals surface area contributed by atoms with Gasteiger partial charge in [0.25, 0.3) is 0 Å². The molecule has 0 aromatic carbocycles. The van der Waals surface area contributed by atoms with Crippen molar-refractivity contribution in [3.05, 3.63) is 11.1 Å². The van der Waals surface area contributed by atoms with Crippen molar-refractivity contribution in [1.82, 2.24) is 0 Å². The van der Waals surface area contributed by atoms with Crippen molar-refractivity contribution in [1.29, 1.82) is 0 Å². The number of carbonyl (C=O) groups excluding carboxylic acids is 1. The van der Waals surface area contributed by atoms with Gasteiger partial charge in [-0.3, -0.25) is 0 Å². The Morgan fingerprint density at radius 1 is 1.50 bits per heavy atom. The highest BCUT2D eigenvalue weighted by Crippen LogP contribution is 2.19. The fourth-order valence-corrected chi connectivity index (χ4v) is 1.51. The van der Waals surface area contributed by atoms with Crippen LogP contribution in [0.25, 0.3) is 0 Å². The molecule has 0 heterocycles. The van der Waals surface area contributed by atoms with Gasteiger partial charge in [-0.1, -0.05) is 35.9 Å². The molecule has 0 fully saturated rings. The molecular formula is C10H17BrO. The summed E-state index contributed by atoms with van der Waals surface area (Å²) in [6.45, 7) is 6.00. The lowest BCUT2D eigenvalue weighted by Crippen LogP contribution is -2.07. The van der Waals surface area contributed by atoms with Gasteiger partial charge in [-0.05, 0) is 30.2 Å². The van der Waals surface area contributed by atoms with Crippen LogP contribution in [0.2, 0.25) is 0 Å². The Kier molecular flexibility index (Phi) is 6.35. The van der Waals surface area contributed by atoms with E-state index in [0.717, 1.165) is 6.42 Å². The summed E-state index contributed by atoms with van der Waals surface area (Å²) in [7, 11) is 0. The van der Waals surface area contributed by atoms with Gasteiger partial charge < -0.3 is 4.79 Å². The zero-order chi connectivity index (χ0) is 9.56. The Morgan fingerprint density at radius 2 is 2.08 bits per heavy atom. The Bertz CT molecular complexity index is 161. The second-order valence-corrected chi connectivity index (χ2v) is 4.00. The molecule has 0 spiro atoms. The summed E-state index contributed by atoms with van der Waals surface area (Å²) in [5.41, 5.74) is 0. The molecule has 0 aliphatic rings. The average Bonchev–Trinajstić information content (AvgIpc) is 1.96. The second kappa shape index (κ2) is 6.41. The molecule has 0 aliphatic heterocycles. The first-order valence-electron chi connectivity index (χ1n) is 4.34. The highest BCUT2D eigenvalue weighted by atomic mass is 79.9.